The molecule has 0 aliphatic heterocycles. The fourth-order valence-corrected chi connectivity index (χ4v) is 5.81. The highest BCUT2D eigenvalue weighted by molar-refractivity contribution is 5.83. The van der Waals surface area contributed by atoms with E-state index in [0.717, 1.165) is 23.3 Å². The molecule has 0 radical (unpaired) electrons. The highest BCUT2D eigenvalue weighted by Crippen LogP contribution is 2.61. The predicted octanol–water partition coefficient (Wildman–Crippen LogP) is 3.74. The van der Waals surface area contributed by atoms with Crippen LogP contribution in [0.3, 0.4) is 0 Å². The molecule has 4 fully saturated rings. The van der Waals surface area contributed by atoms with Gasteiger partial charge in [0.15, 0.2) is 0 Å². The summed E-state index contributed by atoms with van der Waals surface area (Å²) >= 11 is 0. The van der Waals surface area contributed by atoms with Crippen molar-refractivity contribution in [3.05, 3.63) is 23.9 Å². The first-order valence-corrected chi connectivity index (χ1v) is 7.89. The second kappa shape index (κ2) is 3.57. The Labute approximate surface area is 118 Å². The molecular formula is C17H20N2O. The molecular weight excluding hydrogens is 248 g/mol. The van der Waals surface area contributed by atoms with Crippen molar-refractivity contribution in [2.45, 2.75) is 43.9 Å². The van der Waals surface area contributed by atoms with Gasteiger partial charge in [-0.2, -0.15) is 5.10 Å². The van der Waals surface area contributed by atoms with Crippen molar-refractivity contribution < 1.29 is 5.11 Å². The summed E-state index contributed by atoms with van der Waals surface area (Å²) in [6.45, 7) is 0. The van der Waals surface area contributed by atoms with Crippen LogP contribution in [0.25, 0.3) is 10.9 Å². The first-order chi connectivity index (χ1) is 9.72. The van der Waals surface area contributed by atoms with Crippen LogP contribution in [-0.4, -0.2) is 15.3 Å². The Hall–Kier alpha value is -1.51. The quantitative estimate of drug-likeness (QED) is 0.827. The van der Waals surface area contributed by atoms with Crippen LogP contribution in [-0.2, 0) is 5.41 Å². The lowest BCUT2D eigenvalue weighted by Gasteiger charge is -2.56. The third-order valence-corrected chi connectivity index (χ3v) is 6.09. The van der Waals surface area contributed by atoms with Crippen LogP contribution in [0.15, 0.2) is 18.2 Å². The van der Waals surface area contributed by atoms with E-state index in [2.05, 4.69) is 5.10 Å². The van der Waals surface area contributed by atoms with E-state index < -0.39 is 0 Å². The highest BCUT2D eigenvalue weighted by atomic mass is 16.3. The molecule has 4 bridgehead atoms. The molecule has 4 aliphatic rings. The molecule has 1 heterocycles. The largest absolute Gasteiger partial charge is 0.508 e. The Kier molecular flexibility index (Phi) is 2.00. The maximum absolute atomic E-state index is 9.63. The molecule has 20 heavy (non-hydrogen) atoms. The standard InChI is InChI=1S/C17H20N2O/c20-13-1-2-14-15(6-13)18-19-16(14)17-7-10-3-11(8-17)5-12(4-10)9-17/h1-2,6,10-12,20H,3-5,7-9H2,(H,18,19). The van der Waals surface area contributed by atoms with E-state index in [1.165, 1.54) is 49.6 Å². The minimum atomic E-state index is 0.318. The molecule has 2 N–H and O–H groups in total. The SMILES string of the molecule is Oc1ccc2c(C34CC5CC(CC(C5)C3)C4)n[nH]c2c1. The van der Waals surface area contributed by atoms with E-state index in [1.807, 2.05) is 6.07 Å². The molecule has 3 heteroatoms. The van der Waals surface area contributed by atoms with E-state index in [-0.39, 0.29) is 0 Å². The Bertz CT molecular complexity index is 652. The van der Waals surface area contributed by atoms with Crippen LogP contribution >= 0.6 is 0 Å². The number of benzene rings is 1. The fourth-order valence-electron chi connectivity index (χ4n) is 5.81. The lowest BCUT2D eigenvalue weighted by atomic mass is 9.48. The molecule has 0 unspecified atom stereocenters. The molecule has 0 atom stereocenters. The fraction of sp³-hybridized carbons (Fsp3) is 0.588. The van der Waals surface area contributed by atoms with Gasteiger partial charge in [0, 0.05) is 16.9 Å². The van der Waals surface area contributed by atoms with E-state index in [9.17, 15) is 5.11 Å². The number of hydrogen-bond donors (Lipinski definition) is 2. The highest BCUT2D eigenvalue weighted by Gasteiger charge is 2.53. The zero-order chi connectivity index (χ0) is 13.3. The van der Waals surface area contributed by atoms with Crippen LogP contribution < -0.4 is 0 Å². The summed E-state index contributed by atoms with van der Waals surface area (Å²) in [5.74, 6) is 3.12. The number of fused-ring (bicyclic) bond motifs is 1. The smallest absolute Gasteiger partial charge is 0.117 e. The minimum absolute atomic E-state index is 0.318. The maximum Gasteiger partial charge on any atom is 0.117 e. The van der Waals surface area contributed by atoms with E-state index in [0.29, 0.717) is 11.2 Å². The number of nitrogens with one attached hydrogen (secondary N) is 1. The van der Waals surface area contributed by atoms with Crippen molar-refractivity contribution in [2.24, 2.45) is 17.8 Å². The summed E-state index contributed by atoms with van der Waals surface area (Å²) in [6.07, 6.45) is 8.38. The topological polar surface area (TPSA) is 48.9 Å². The Morgan fingerprint density at radius 3 is 2.35 bits per heavy atom. The van der Waals surface area contributed by atoms with Gasteiger partial charge in [-0.25, -0.2) is 0 Å². The average molecular weight is 268 g/mol. The number of aromatic hydroxyl groups is 1. The molecule has 104 valence electrons. The van der Waals surface area contributed by atoms with E-state index in [4.69, 9.17) is 5.10 Å². The predicted molar refractivity (Wildman–Crippen MR) is 77.6 cm³/mol. The van der Waals surface area contributed by atoms with Crippen LogP contribution in [0, 0.1) is 17.8 Å². The molecule has 0 saturated heterocycles. The third-order valence-electron chi connectivity index (χ3n) is 6.09. The lowest BCUT2D eigenvalue weighted by molar-refractivity contribution is -0.00655. The van der Waals surface area contributed by atoms with Gasteiger partial charge < -0.3 is 5.11 Å². The number of H-pyrrole nitrogens is 1. The Morgan fingerprint density at radius 2 is 1.70 bits per heavy atom. The summed E-state index contributed by atoms with van der Waals surface area (Å²) < 4.78 is 0. The van der Waals surface area contributed by atoms with Gasteiger partial charge in [0.25, 0.3) is 0 Å². The molecule has 2 aromatic rings. The van der Waals surface area contributed by atoms with Gasteiger partial charge in [0.05, 0.1) is 11.2 Å². The van der Waals surface area contributed by atoms with Crippen molar-refractivity contribution >= 4 is 10.9 Å². The number of hydrogen-bond acceptors (Lipinski definition) is 2. The van der Waals surface area contributed by atoms with Crippen molar-refractivity contribution in [1.82, 2.24) is 10.2 Å². The first kappa shape index (κ1) is 11.2. The lowest BCUT2D eigenvalue weighted by Crippen LogP contribution is -2.48. The number of phenolic OH excluding ortho intramolecular Hbond substituents is 1. The second-order valence-electron chi connectivity index (χ2n) is 7.50. The van der Waals surface area contributed by atoms with Crippen LogP contribution in [0.2, 0.25) is 0 Å². The van der Waals surface area contributed by atoms with Crippen LogP contribution in [0.4, 0.5) is 0 Å². The van der Waals surface area contributed by atoms with Crippen LogP contribution in [0.5, 0.6) is 5.75 Å². The molecule has 0 spiro atoms. The molecule has 1 aromatic carbocycles. The van der Waals surface area contributed by atoms with Crippen molar-refractivity contribution in [3.63, 3.8) is 0 Å². The molecule has 6 rings (SSSR count). The normalized spacial score (nSPS) is 38.7. The van der Waals surface area contributed by atoms with E-state index in [1.54, 1.807) is 12.1 Å². The van der Waals surface area contributed by atoms with Gasteiger partial charge in [-0.1, -0.05) is 0 Å². The maximum atomic E-state index is 9.63. The molecule has 4 saturated carbocycles. The molecule has 0 amide bonds. The van der Waals surface area contributed by atoms with Gasteiger partial charge in [-0.15, -0.1) is 0 Å². The number of rotatable bonds is 1. The Balaban J connectivity index is 1.67. The zero-order valence-electron chi connectivity index (χ0n) is 11.6. The van der Waals surface area contributed by atoms with Crippen molar-refractivity contribution in [2.75, 3.05) is 0 Å². The summed E-state index contributed by atoms with van der Waals surface area (Å²) in [6, 6.07) is 5.64. The second-order valence-corrected chi connectivity index (χ2v) is 7.50. The summed E-state index contributed by atoms with van der Waals surface area (Å²) in [5.41, 5.74) is 2.59. The van der Waals surface area contributed by atoms with E-state index >= 15 is 0 Å². The van der Waals surface area contributed by atoms with Crippen molar-refractivity contribution in [3.8, 4) is 5.75 Å². The minimum Gasteiger partial charge on any atom is -0.508 e. The summed E-state index contributed by atoms with van der Waals surface area (Å²) in [4.78, 5) is 0. The molecule has 1 aromatic heterocycles. The van der Waals surface area contributed by atoms with Gasteiger partial charge in [-0.05, 0) is 68.4 Å². The number of aromatic nitrogens is 2. The van der Waals surface area contributed by atoms with Gasteiger partial charge in [-0.3, -0.25) is 5.10 Å². The zero-order valence-corrected chi connectivity index (χ0v) is 11.6. The summed E-state index contributed by atoms with van der Waals surface area (Å²) in [7, 11) is 0. The number of nitrogens with zero attached hydrogens (tertiary/aromatic N) is 1. The Morgan fingerprint density at radius 1 is 1.05 bits per heavy atom. The monoisotopic (exact) mass is 268 g/mol. The van der Waals surface area contributed by atoms with Gasteiger partial charge >= 0.3 is 0 Å². The number of phenols is 1. The average Bonchev–Trinajstić information content (AvgIpc) is 2.80. The molecule has 4 aliphatic carbocycles. The molecule has 3 nitrogen and oxygen atoms in total. The van der Waals surface area contributed by atoms with Gasteiger partial charge in [0.2, 0.25) is 0 Å². The third kappa shape index (κ3) is 1.38. The first-order valence-electron chi connectivity index (χ1n) is 7.89. The van der Waals surface area contributed by atoms with Crippen LogP contribution in [0.1, 0.15) is 44.2 Å². The van der Waals surface area contributed by atoms with Crippen molar-refractivity contribution in [1.29, 1.82) is 0 Å². The number of aromatic amines is 1. The summed E-state index contributed by atoms with van der Waals surface area (Å²) in [5, 5.41) is 18.7. The van der Waals surface area contributed by atoms with Gasteiger partial charge in [0.1, 0.15) is 5.75 Å².